The smallest absolute Gasteiger partial charge is 0.0774 e. The van der Waals surface area contributed by atoms with Gasteiger partial charge in [0.1, 0.15) is 0 Å². The summed E-state index contributed by atoms with van der Waals surface area (Å²) >= 11 is 6.39. The van der Waals surface area contributed by atoms with Crippen molar-refractivity contribution in [2.24, 2.45) is 0 Å². The number of aromatic nitrogens is 1. The molecule has 0 saturated carbocycles. The van der Waals surface area contributed by atoms with Crippen LogP contribution in [0.1, 0.15) is 12.5 Å². The molecule has 21 heavy (non-hydrogen) atoms. The van der Waals surface area contributed by atoms with E-state index in [9.17, 15) is 0 Å². The van der Waals surface area contributed by atoms with Gasteiger partial charge in [-0.25, -0.2) is 4.98 Å². The van der Waals surface area contributed by atoms with E-state index in [2.05, 4.69) is 37.4 Å². The summed E-state index contributed by atoms with van der Waals surface area (Å²) in [5, 5.41) is 5.14. The van der Waals surface area contributed by atoms with Gasteiger partial charge in [-0.3, -0.25) is 0 Å². The van der Waals surface area contributed by atoms with Gasteiger partial charge in [-0.05, 0) is 31.5 Å². The van der Waals surface area contributed by atoms with Crippen molar-refractivity contribution in [3.63, 3.8) is 0 Å². The van der Waals surface area contributed by atoms with Crippen LogP contribution >= 0.6 is 11.6 Å². The summed E-state index contributed by atoms with van der Waals surface area (Å²) in [7, 11) is 0. The number of benzene rings is 2. The second-order valence-corrected chi connectivity index (χ2v) is 5.45. The molecule has 0 saturated heterocycles. The van der Waals surface area contributed by atoms with Crippen LogP contribution in [0.4, 0.5) is 5.69 Å². The fraction of sp³-hybridized carbons (Fsp3) is 0.167. The van der Waals surface area contributed by atoms with Crippen molar-refractivity contribution in [3.8, 4) is 11.3 Å². The maximum atomic E-state index is 6.39. The highest BCUT2D eigenvalue weighted by Gasteiger charge is 2.11. The fourth-order valence-electron chi connectivity index (χ4n) is 2.52. The summed E-state index contributed by atoms with van der Waals surface area (Å²) in [4.78, 5) is 4.82. The molecule has 1 aromatic heterocycles. The number of hydrogen-bond acceptors (Lipinski definition) is 2. The highest BCUT2D eigenvalue weighted by atomic mass is 35.5. The molecule has 1 N–H and O–H groups in total. The first-order valence-corrected chi connectivity index (χ1v) is 7.47. The lowest BCUT2D eigenvalue weighted by atomic mass is 10.1. The molecule has 0 aliphatic rings. The topological polar surface area (TPSA) is 24.9 Å². The number of halogens is 1. The SMILES string of the molecule is CCNc1cc(-c2ccccc2)nc2c(C)ccc(Cl)c12. The molecule has 1 heterocycles. The largest absolute Gasteiger partial charge is 0.385 e. The van der Waals surface area contributed by atoms with Crippen LogP contribution in [0.5, 0.6) is 0 Å². The predicted molar refractivity (Wildman–Crippen MR) is 91.1 cm³/mol. The summed E-state index contributed by atoms with van der Waals surface area (Å²) in [6.07, 6.45) is 0. The number of pyridine rings is 1. The normalized spacial score (nSPS) is 10.8. The predicted octanol–water partition coefficient (Wildman–Crippen LogP) is 5.30. The zero-order valence-corrected chi connectivity index (χ0v) is 12.9. The molecule has 106 valence electrons. The molecule has 0 fully saturated rings. The van der Waals surface area contributed by atoms with Crippen molar-refractivity contribution >= 4 is 28.2 Å². The molecule has 3 heteroatoms. The van der Waals surface area contributed by atoms with E-state index in [4.69, 9.17) is 16.6 Å². The standard InChI is InChI=1S/C18H17ClN2/c1-3-20-16-11-15(13-7-5-4-6-8-13)21-18-12(2)9-10-14(19)17(16)18/h4-11H,3H2,1-2H3,(H,20,21). The molecule has 0 atom stereocenters. The molecule has 0 spiro atoms. The monoisotopic (exact) mass is 296 g/mol. The fourth-order valence-corrected chi connectivity index (χ4v) is 2.77. The van der Waals surface area contributed by atoms with E-state index in [1.165, 1.54) is 0 Å². The minimum atomic E-state index is 0.735. The third kappa shape index (κ3) is 2.59. The van der Waals surface area contributed by atoms with Crippen LogP contribution < -0.4 is 5.32 Å². The number of rotatable bonds is 3. The van der Waals surface area contributed by atoms with Crippen molar-refractivity contribution in [1.82, 2.24) is 4.98 Å². The molecule has 0 unspecified atom stereocenters. The molecular formula is C18H17ClN2. The van der Waals surface area contributed by atoms with E-state index in [1.807, 2.05) is 30.3 Å². The van der Waals surface area contributed by atoms with Gasteiger partial charge in [0.15, 0.2) is 0 Å². The number of hydrogen-bond donors (Lipinski definition) is 1. The van der Waals surface area contributed by atoms with Gasteiger partial charge >= 0.3 is 0 Å². The van der Waals surface area contributed by atoms with E-state index < -0.39 is 0 Å². The zero-order valence-electron chi connectivity index (χ0n) is 12.2. The van der Waals surface area contributed by atoms with Gasteiger partial charge in [0.05, 0.1) is 16.2 Å². The summed E-state index contributed by atoms with van der Waals surface area (Å²) in [5.41, 5.74) is 5.20. The Morgan fingerprint density at radius 3 is 2.57 bits per heavy atom. The summed E-state index contributed by atoms with van der Waals surface area (Å²) in [5.74, 6) is 0. The Balaban J connectivity index is 2.32. The van der Waals surface area contributed by atoms with Gasteiger partial charge in [0.2, 0.25) is 0 Å². The second-order valence-electron chi connectivity index (χ2n) is 5.04. The highest BCUT2D eigenvalue weighted by molar-refractivity contribution is 6.36. The number of nitrogens with zero attached hydrogens (tertiary/aromatic N) is 1. The Morgan fingerprint density at radius 1 is 1.10 bits per heavy atom. The van der Waals surface area contributed by atoms with Crippen LogP contribution in [0.15, 0.2) is 48.5 Å². The van der Waals surface area contributed by atoms with Crippen molar-refractivity contribution in [2.45, 2.75) is 13.8 Å². The Labute approximate surface area is 129 Å². The Bertz CT molecular complexity index is 782. The lowest BCUT2D eigenvalue weighted by molar-refractivity contribution is 1.21. The van der Waals surface area contributed by atoms with Gasteiger partial charge < -0.3 is 5.32 Å². The first-order valence-electron chi connectivity index (χ1n) is 7.10. The summed E-state index contributed by atoms with van der Waals surface area (Å²) in [6, 6.07) is 16.2. The molecule has 0 aliphatic heterocycles. The minimum absolute atomic E-state index is 0.735. The highest BCUT2D eigenvalue weighted by Crippen LogP contribution is 2.34. The lowest BCUT2D eigenvalue weighted by Gasteiger charge is -2.13. The average Bonchev–Trinajstić information content (AvgIpc) is 2.52. The minimum Gasteiger partial charge on any atom is -0.385 e. The van der Waals surface area contributed by atoms with Gasteiger partial charge in [-0.2, -0.15) is 0 Å². The van der Waals surface area contributed by atoms with Crippen LogP contribution in [0, 0.1) is 6.92 Å². The number of aryl methyl sites for hydroxylation is 1. The van der Waals surface area contributed by atoms with Crippen LogP contribution in [0.25, 0.3) is 22.2 Å². The van der Waals surface area contributed by atoms with Gasteiger partial charge in [-0.1, -0.05) is 48.0 Å². The third-order valence-corrected chi connectivity index (χ3v) is 3.86. The molecule has 3 rings (SSSR count). The first-order chi connectivity index (χ1) is 10.2. The van der Waals surface area contributed by atoms with E-state index in [0.29, 0.717) is 0 Å². The molecule has 2 nitrogen and oxygen atoms in total. The maximum Gasteiger partial charge on any atom is 0.0774 e. The molecule has 0 bridgehead atoms. The molecular weight excluding hydrogens is 280 g/mol. The zero-order chi connectivity index (χ0) is 14.8. The average molecular weight is 297 g/mol. The Kier molecular flexibility index (Phi) is 3.80. The molecule has 3 aromatic rings. The Morgan fingerprint density at radius 2 is 1.86 bits per heavy atom. The van der Waals surface area contributed by atoms with Crippen LogP contribution in [-0.2, 0) is 0 Å². The van der Waals surface area contributed by atoms with Crippen molar-refractivity contribution in [1.29, 1.82) is 0 Å². The van der Waals surface area contributed by atoms with Crippen LogP contribution in [0.2, 0.25) is 5.02 Å². The van der Waals surface area contributed by atoms with E-state index in [0.717, 1.165) is 45.0 Å². The number of nitrogens with one attached hydrogen (secondary N) is 1. The van der Waals surface area contributed by atoms with Crippen LogP contribution in [0.3, 0.4) is 0 Å². The summed E-state index contributed by atoms with van der Waals surface area (Å²) < 4.78 is 0. The van der Waals surface area contributed by atoms with Gasteiger partial charge in [-0.15, -0.1) is 0 Å². The van der Waals surface area contributed by atoms with Gasteiger partial charge in [0, 0.05) is 23.2 Å². The van der Waals surface area contributed by atoms with E-state index >= 15 is 0 Å². The third-order valence-electron chi connectivity index (χ3n) is 3.55. The Hall–Kier alpha value is -2.06. The van der Waals surface area contributed by atoms with E-state index in [-0.39, 0.29) is 0 Å². The maximum absolute atomic E-state index is 6.39. The number of fused-ring (bicyclic) bond motifs is 1. The van der Waals surface area contributed by atoms with E-state index in [1.54, 1.807) is 0 Å². The quantitative estimate of drug-likeness (QED) is 0.710. The van der Waals surface area contributed by atoms with Crippen LogP contribution in [-0.4, -0.2) is 11.5 Å². The number of anilines is 1. The second kappa shape index (κ2) is 5.74. The molecule has 2 aromatic carbocycles. The van der Waals surface area contributed by atoms with Crippen molar-refractivity contribution in [2.75, 3.05) is 11.9 Å². The first kappa shape index (κ1) is 13.9. The molecule has 0 amide bonds. The van der Waals surface area contributed by atoms with Crippen molar-refractivity contribution < 1.29 is 0 Å². The molecule has 0 aliphatic carbocycles. The van der Waals surface area contributed by atoms with Crippen molar-refractivity contribution in [3.05, 3.63) is 59.1 Å². The van der Waals surface area contributed by atoms with Gasteiger partial charge in [0.25, 0.3) is 0 Å². The molecule has 0 radical (unpaired) electrons. The summed E-state index contributed by atoms with van der Waals surface area (Å²) in [6.45, 7) is 4.99. The lowest BCUT2D eigenvalue weighted by Crippen LogP contribution is -2.00.